The molecule has 0 fully saturated rings. The van der Waals surface area contributed by atoms with Crippen LogP contribution in [0.3, 0.4) is 0 Å². The first kappa shape index (κ1) is 13.1. The Balaban J connectivity index is 2.84. The van der Waals surface area contributed by atoms with Crippen LogP contribution in [-0.2, 0) is 11.8 Å². The van der Waals surface area contributed by atoms with Crippen molar-refractivity contribution in [1.29, 1.82) is 0 Å². The number of fused-ring (bicyclic) bond motifs is 1. The molecule has 2 aromatic rings. The molecule has 0 unspecified atom stereocenters. The molecule has 1 heterocycles. The molecule has 19 heavy (non-hydrogen) atoms. The van der Waals surface area contributed by atoms with Gasteiger partial charge in [0.15, 0.2) is 0 Å². The summed E-state index contributed by atoms with van der Waals surface area (Å²) in [5.74, 6) is 0. The molecular formula is C13H14N2O4. The van der Waals surface area contributed by atoms with Crippen LogP contribution < -0.4 is 11.1 Å². The Morgan fingerprint density at radius 1 is 1.11 bits per heavy atom. The van der Waals surface area contributed by atoms with Crippen molar-refractivity contribution in [3.05, 3.63) is 45.0 Å². The van der Waals surface area contributed by atoms with Gasteiger partial charge in [0.25, 0.3) is 0 Å². The van der Waals surface area contributed by atoms with Gasteiger partial charge in [-0.05, 0) is 26.0 Å². The highest BCUT2D eigenvalue weighted by Crippen LogP contribution is 2.09. The lowest BCUT2D eigenvalue weighted by molar-refractivity contribution is 0.117. The van der Waals surface area contributed by atoms with Gasteiger partial charge in [-0.25, -0.2) is 9.36 Å². The third-order valence-electron chi connectivity index (χ3n) is 2.69. The smallest absolute Gasteiger partial charge is 0.421 e. The first-order valence-electron chi connectivity index (χ1n) is 5.85. The zero-order chi connectivity index (χ0) is 14.2. The number of para-hydroxylation sites is 2. The third kappa shape index (κ3) is 2.16. The molecule has 0 spiro atoms. The molecule has 0 saturated heterocycles. The Morgan fingerprint density at radius 3 is 2.26 bits per heavy atom. The normalized spacial score (nSPS) is 10.9. The Kier molecular flexibility index (Phi) is 3.25. The van der Waals surface area contributed by atoms with Crippen LogP contribution in [0.1, 0.15) is 13.8 Å². The van der Waals surface area contributed by atoms with Crippen molar-refractivity contribution in [3.63, 3.8) is 0 Å². The van der Waals surface area contributed by atoms with E-state index in [2.05, 4.69) is 0 Å². The summed E-state index contributed by atoms with van der Waals surface area (Å²) in [6.45, 7) is 3.35. The van der Waals surface area contributed by atoms with E-state index in [9.17, 15) is 14.4 Å². The highest BCUT2D eigenvalue weighted by molar-refractivity contribution is 5.85. The number of ether oxygens (including phenoxy) is 1. The molecule has 0 aliphatic heterocycles. The van der Waals surface area contributed by atoms with Crippen molar-refractivity contribution >= 4 is 17.1 Å². The molecular weight excluding hydrogens is 248 g/mol. The van der Waals surface area contributed by atoms with Gasteiger partial charge in [-0.15, -0.1) is 0 Å². The minimum Gasteiger partial charge on any atom is -0.446 e. The predicted molar refractivity (Wildman–Crippen MR) is 70.5 cm³/mol. The van der Waals surface area contributed by atoms with E-state index >= 15 is 0 Å². The predicted octanol–water partition coefficient (Wildman–Crippen LogP) is 1.09. The molecule has 6 nitrogen and oxygen atoms in total. The van der Waals surface area contributed by atoms with E-state index in [4.69, 9.17) is 4.74 Å². The van der Waals surface area contributed by atoms with Crippen molar-refractivity contribution in [2.45, 2.75) is 20.0 Å². The SMILES string of the molecule is CC(C)OC(=O)n1c(=O)c(=O)n(C)c2ccccc21. The summed E-state index contributed by atoms with van der Waals surface area (Å²) < 4.78 is 6.99. The number of benzene rings is 1. The number of hydrogen-bond acceptors (Lipinski definition) is 4. The van der Waals surface area contributed by atoms with Crippen LogP contribution in [0.5, 0.6) is 0 Å². The van der Waals surface area contributed by atoms with Crippen molar-refractivity contribution in [3.8, 4) is 0 Å². The van der Waals surface area contributed by atoms with E-state index in [1.54, 1.807) is 38.1 Å². The molecule has 0 aliphatic carbocycles. The molecule has 1 aromatic carbocycles. The lowest BCUT2D eigenvalue weighted by atomic mass is 10.3. The van der Waals surface area contributed by atoms with E-state index in [0.29, 0.717) is 11.0 Å². The van der Waals surface area contributed by atoms with Crippen molar-refractivity contribution in [2.75, 3.05) is 0 Å². The van der Waals surface area contributed by atoms with E-state index in [1.165, 1.54) is 11.6 Å². The first-order valence-corrected chi connectivity index (χ1v) is 5.85. The van der Waals surface area contributed by atoms with Gasteiger partial charge >= 0.3 is 17.2 Å². The molecule has 100 valence electrons. The summed E-state index contributed by atoms with van der Waals surface area (Å²) in [4.78, 5) is 35.7. The van der Waals surface area contributed by atoms with E-state index in [1.807, 2.05) is 0 Å². The van der Waals surface area contributed by atoms with Gasteiger partial charge in [-0.2, -0.15) is 0 Å². The van der Waals surface area contributed by atoms with Gasteiger partial charge in [0.2, 0.25) is 0 Å². The maximum atomic E-state index is 12.0. The van der Waals surface area contributed by atoms with Gasteiger partial charge in [0.05, 0.1) is 17.1 Å². The zero-order valence-corrected chi connectivity index (χ0v) is 10.9. The number of aromatic nitrogens is 2. The zero-order valence-electron chi connectivity index (χ0n) is 10.9. The molecule has 2 rings (SSSR count). The lowest BCUT2D eigenvalue weighted by Gasteiger charge is -2.13. The topological polar surface area (TPSA) is 70.3 Å². The fourth-order valence-electron chi connectivity index (χ4n) is 1.83. The van der Waals surface area contributed by atoms with Crippen LogP contribution in [-0.4, -0.2) is 21.3 Å². The number of hydrogen-bond donors (Lipinski definition) is 0. The minimum absolute atomic E-state index is 0.347. The summed E-state index contributed by atoms with van der Waals surface area (Å²) in [6, 6.07) is 6.67. The molecule has 0 amide bonds. The fourth-order valence-corrected chi connectivity index (χ4v) is 1.83. The minimum atomic E-state index is -0.910. The highest BCUT2D eigenvalue weighted by Gasteiger charge is 2.18. The third-order valence-corrected chi connectivity index (χ3v) is 2.69. The van der Waals surface area contributed by atoms with E-state index in [-0.39, 0.29) is 6.10 Å². The standard InChI is InChI=1S/C13H14N2O4/c1-8(2)19-13(18)15-10-7-5-4-6-9(10)14(3)11(16)12(15)17/h4-8H,1-3H3. The number of nitrogens with zero attached hydrogens (tertiary/aromatic N) is 2. The summed E-state index contributed by atoms with van der Waals surface area (Å²) in [7, 11) is 1.49. The van der Waals surface area contributed by atoms with Crippen LogP contribution in [0, 0.1) is 0 Å². The number of carbonyl (C=O) groups excluding carboxylic acids is 1. The van der Waals surface area contributed by atoms with Gasteiger partial charge < -0.3 is 9.30 Å². The van der Waals surface area contributed by atoms with Crippen LogP contribution in [0.2, 0.25) is 0 Å². The molecule has 0 saturated carbocycles. The van der Waals surface area contributed by atoms with Crippen molar-refractivity contribution in [2.24, 2.45) is 7.05 Å². The Labute approximate surface area is 108 Å². The number of rotatable bonds is 1. The van der Waals surface area contributed by atoms with Crippen LogP contribution >= 0.6 is 0 Å². The quantitative estimate of drug-likeness (QED) is 0.721. The Morgan fingerprint density at radius 2 is 1.68 bits per heavy atom. The first-order chi connectivity index (χ1) is 8.93. The second-order valence-corrected chi connectivity index (χ2v) is 4.43. The molecule has 0 atom stereocenters. The second kappa shape index (κ2) is 4.72. The number of carbonyl (C=O) groups is 1. The van der Waals surface area contributed by atoms with Crippen molar-refractivity contribution < 1.29 is 9.53 Å². The fraction of sp³-hybridized carbons (Fsp3) is 0.308. The molecule has 6 heteroatoms. The monoisotopic (exact) mass is 262 g/mol. The average molecular weight is 262 g/mol. The summed E-state index contributed by atoms with van der Waals surface area (Å²) in [5.41, 5.74) is -0.834. The van der Waals surface area contributed by atoms with E-state index < -0.39 is 17.2 Å². The summed E-state index contributed by atoms with van der Waals surface area (Å²) in [5, 5.41) is 0. The second-order valence-electron chi connectivity index (χ2n) is 4.43. The van der Waals surface area contributed by atoms with Crippen LogP contribution in [0.15, 0.2) is 33.9 Å². The Hall–Kier alpha value is -2.37. The van der Waals surface area contributed by atoms with Gasteiger partial charge in [0.1, 0.15) is 0 Å². The molecule has 1 aromatic heterocycles. The lowest BCUT2D eigenvalue weighted by Crippen LogP contribution is -2.43. The van der Waals surface area contributed by atoms with Gasteiger partial charge in [-0.1, -0.05) is 12.1 Å². The highest BCUT2D eigenvalue weighted by atomic mass is 16.6. The maximum absolute atomic E-state index is 12.0. The summed E-state index contributed by atoms with van der Waals surface area (Å²) >= 11 is 0. The van der Waals surface area contributed by atoms with Gasteiger partial charge in [-0.3, -0.25) is 9.59 Å². The Bertz CT molecular complexity index is 755. The average Bonchev–Trinajstić information content (AvgIpc) is 2.35. The summed E-state index contributed by atoms with van der Waals surface area (Å²) in [6.07, 6.45) is -1.21. The molecule has 0 radical (unpaired) electrons. The van der Waals surface area contributed by atoms with E-state index in [0.717, 1.165) is 4.57 Å². The van der Waals surface area contributed by atoms with Crippen LogP contribution in [0.25, 0.3) is 11.0 Å². The largest absolute Gasteiger partial charge is 0.446 e. The van der Waals surface area contributed by atoms with Crippen LogP contribution in [0.4, 0.5) is 4.79 Å². The van der Waals surface area contributed by atoms with Gasteiger partial charge in [0, 0.05) is 7.05 Å². The molecule has 0 bridgehead atoms. The molecule has 0 aliphatic rings. The number of aryl methyl sites for hydroxylation is 1. The maximum Gasteiger partial charge on any atom is 0.421 e. The van der Waals surface area contributed by atoms with Crippen molar-refractivity contribution in [1.82, 2.24) is 9.13 Å². The molecule has 0 N–H and O–H groups in total.